The maximum atomic E-state index is 12.2. The Kier molecular flexibility index (Phi) is 2.73. The molecule has 0 aliphatic rings. The summed E-state index contributed by atoms with van der Waals surface area (Å²) in [5.74, 6) is 0.0487. The topological polar surface area (TPSA) is 82.5 Å². The van der Waals surface area contributed by atoms with E-state index in [4.69, 9.17) is 5.73 Å². The Morgan fingerprint density at radius 3 is 2.35 bits per heavy atom. The molecule has 0 aliphatic carbocycles. The first kappa shape index (κ1) is 11.8. The first-order valence-electron chi connectivity index (χ1n) is 4.17. The van der Waals surface area contributed by atoms with Gasteiger partial charge in [0.15, 0.2) is 11.5 Å². The van der Waals surface area contributed by atoms with Gasteiger partial charge >= 0.3 is 6.18 Å². The van der Waals surface area contributed by atoms with E-state index in [0.29, 0.717) is 0 Å². The highest BCUT2D eigenvalue weighted by molar-refractivity contribution is 9.10. The number of nitrogen functional groups attached to an aromatic ring is 1. The lowest BCUT2D eigenvalue weighted by atomic mass is 10.4. The zero-order valence-electron chi connectivity index (χ0n) is 7.98. The Bertz CT molecular complexity index is 534. The summed E-state index contributed by atoms with van der Waals surface area (Å²) in [4.78, 5) is 3.71. The van der Waals surface area contributed by atoms with Crippen molar-refractivity contribution in [2.45, 2.75) is 6.18 Å². The zero-order chi connectivity index (χ0) is 12.6. The van der Waals surface area contributed by atoms with Gasteiger partial charge < -0.3 is 5.73 Å². The molecule has 0 unspecified atom stereocenters. The maximum absolute atomic E-state index is 12.2. The van der Waals surface area contributed by atoms with Gasteiger partial charge in [-0.25, -0.2) is 0 Å². The summed E-state index contributed by atoms with van der Waals surface area (Å²) in [7, 11) is 0. The molecule has 0 bridgehead atoms. The van der Waals surface area contributed by atoms with Crippen LogP contribution in [0.3, 0.4) is 0 Å². The Labute approximate surface area is 101 Å². The van der Waals surface area contributed by atoms with Gasteiger partial charge in [0.1, 0.15) is 0 Å². The van der Waals surface area contributed by atoms with Gasteiger partial charge in [-0.3, -0.25) is 0 Å². The average molecular weight is 309 g/mol. The summed E-state index contributed by atoms with van der Waals surface area (Å²) in [6.07, 6.45) is -4.52. The third-order valence-electron chi connectivity index (χ3n) is 1.74. The molecule has 0 saturated heterocycles. The number of nitrogens with two attached hydrogens (primary N) is 1. The summed E-state index contributed by atoms with van der Waals surface area (Å²) in [5.41, 5.74) is 4.24. The van der Waals surface area contributed by atoms with Crippen LogP contribution in [0.1, 0.15) is 5.69 Å². The van der Waals surface area contributed by atoms with E-state index in [1.165, 1.54) is 0 Å². The van der Waals surface area contributed by atoms with E-state index in [1.807, 2.05) is 0 Å². The monoisotopic (exact) mass is 308 g/mol. The summed E-state index contributed by atoms with van der Waals surface area (Å²) in [6, 6.07) is 1.92. The number of hydrogen-bond acceptors (Lipinski definition) is 5. The van der Waals surface area contributed by atoms with Crippen molar-refractivity contribution in [1.82, 2.24) is 25.0 Å². The van der Waals surface area contributed by atoms with Crippen LogP contribution in [-0.2, 0) is 6.18 Å². The smallest absolute Gasteiger partial charge is 0.366 e. The highest BCUT2D eigenvalue weighted by Gasteiger charge is 2.33. The third-order valence-corrected chi connectivity index (χ3v) is 2.26. The van der Waals surface area contributed by atoms with Crippen molar-refractivity contribution >= 4 is 21.9 Å². The van der Waals surface area contributed by atoms with E-state index in [0.717, 1.165) is 16.8 Å². The summed E-state index contributed by atoms with van der Waals surface area (Å²) >= 11 is 3.03. The van der Waals surface area contributed by atoms with Crippen molar-refractivity contribution < 1.29 is 13.2 Å². The molecule has 6 nitrogen and oxygen atoms in total. The Balaban J connectivity index is 2.39. The van der Waals surface area contributed by atoms with Gasteiger partial charge in [-0.1, -0.05) is 0 Å². The van der Waals surface area contributed by atoms with Crippen LogP contribution in [-0.4, -0.2) is 25.0 Å². The van der Waals surface area contributed by atoms with Crippen molar-refractivity contribution in [3.05, 3.63) is 22.6 Å². The van der Waals surface area contributed by atoms with Crippen LogP contribution < -0.4 is 5.73 Å². The molecule has 2 N–H and O–H groups in total. The number of rotatable bonds is 1. The fourth-order valence-electron chi connectivity index (χ4n) is 1.04. The standard InChI is InChI=1S/C7H4BrF3N6/c8-5-13-6(12)16-17(5)4-2-1-3(14-15-4)7(9,10)11/h1-2H,(H2,12,16). The molecule has 2 aromatic heterocycles. The SMILES string of the molecule is Nc1nc(Br)n(-c2ccc(C(F)(F)F)nn2)n1. The number of alkyl halides is 3. The number of anilines is 1. The number of hydrogen-bond donors (Lipinski definition) is 1. The van der Waals surface area contributed by atoms with Crippen LogP contribution in [0, 0.1) is 0 Å². The van der Waals surface area contributed by atoms with Gasteiger partial charge in [0.2, 0.25) is 10.7 Å². The van der Waals surface area contributed by atoms with E-state index in [9.17, 15) is 13.2 Å². The number of nitrogens with zero attached hydrogens (tertiary/aromatic N) is 5. The molecule has 2 aromatic rings. The molecule has 0 atom stereocenters. The molecule has 0 radical (unpaired) electrons. The van der Waals surface area contributed by atoms with Gasteiger partial charge in [-0.2, -0.15) is 22.8 Å². The normalized spacial score (nSPS) is 11.8. The van der Waals surface area contributed by atoms with Crippen molar-refractivity contribution in [3.63, 3.8) is 0 Å². The maximum Gasteiger partial charge on any atom is 0.435 e. The van der Waals surface area contributed by atoms with Gasteiger partial charge in [0.05, 0.1) is 0 Å². The molecule has 90 valence electrons. The fourth-order valence-corrected chi connectivity index (χ4v) is 1.49. The van der Waals surface area contributed by atoms with E-state index in [-0.39, 0.29) is 16.5 Å². The Hall–Kier alpha value is -1.71. The highest BCUT2D eigenvalue weighted by Crippen LogP contribution is 2.27. The summed E-state index contributed by atoms with van der Waals surface area (Å²) in [5, 5.41) is 10.2. The van der Waals surface area contributed by atoms with Gasteiger partial charge in [0, 0.05) is 0 Å². The molecule has 0 saturated carbocycles. The highest BCUT2D eigenvalue weighted by atomic mass is 79.9. The summed E-state index contributed by atoms with van der Waals surface area (Å²) in [6.45, 7) is 0. The number of halogens is 4. The van der Waals surface area contributed by atoms with E-state index in [1.54, 1.807) is 0 Å². The fraction of sp³-hybridized carbons (Fsp3) is 0.143. The molecular weight excluding hydrogens is 305 g/mol. The van der Waals surface area contributed by atoms with Crippen molar-refractivity contribution in [1.29, 1.82) is 0 Å². The minimum atomic E-state index is -4.52. The van der Waals surface area contributed by atoms with E-state index in [2.05, 4.69) is 36.2 Å². The van der Waals surface area contributed by atoms with Crippen LogP contribution in [0.2, 0.25) is 0 Å². The quantitative estimate of drug-likeness (QED) is 0.861. The second-order valence-corrected chi connectivity index (χ2v) is 3.63. The molecule has 17 heavy (non-hydrogen) atoms. The van der Waals surface area contributed by atoms with Crippen LogP contribution in [0.25, 0.3) is 5.82 Å². The molecular formula is C7H4BrF3N6. The molecule has 10 heteroatoms. The molecule has 0 spiro atoms. The lowest BCUT2D eigenvalue weighted by molar-refractivity contribution is -0.141. The van der Waals surface area contributed by atoms with E-state index < -0.39 is 11.9 Å². The predicted molar refractivity (Wildman–Crippen MR) is 54.1 cm³/mol. The van der Waals surface area contributed by atoms with Crippen LogP contribution >= 0.6 is 15.9 Å². The minimum Gasteiger partial charge on any atom is -0.366 e. The van der Waals surface area contributed by atoms with Gasteiger partial charge in [0.25, 0.3) is 0 Å². The van der Waals surface area contributed by atoms with Crippen LogP contribution in [0.15, 0.2) is 16.9 Å². The van der Waals surface area contributed by atoms with Gasteiger partial charge in [-0.15, -0.1) is 15.3 Å². The lowest BCUT2D eigenvalue weighted by Gasteiger charge is -2.05. The first-order chi connectivity index (χ1) is 7.88. The molecule has 0 fully saturated rings. The van der Waals surface area contributed by atoms with Crippen molar-refractivity contribution in [2.24, 2.45) is 0 Å². The van der Waals surface area contributed by atoms with Crippen molar-refractivity contribution in [2.75, 3.05) is 5.73 Å². The lowest BCUT2D eigenvalue weighted by Crippen LogP contribution is -2.11. The van der Waals surface area contributed by atoms with Gasteiger partial charge in [-0.05, 0) is 28.1 Å². The van der Waals surface area contributed by atoms with Crippen LogP contribution in [0.4, 0.5) is 19.1 Å². The second-order valence-electron chi connectivity index (χ2n) is 2.93. The Morgan fingerprint density at radius 2 is 1.94 bits per heavy atom. The molecule has 0 amide bonds. The molecule has 2 rings (SSSR count). The molecule has 2 heterocycles. The van der Waals surface area contributed by atoms with Crippen LogP contribution in [0.5, 0.6) is 0 Å². The number of aromatic nitrogens is 5. The average Bonchev–Trinajstić information content (AvgIpc) is 2.57. The van der Waals surface area contributed by atoms with E-state index >= 15 is 0 Å². The second kappa shape index (κ2) is 3.95. The predicted octanol–water partition coefficient (Wildman–Crippen LogP) is 1.42. The molecule has 0 aliphatic heterocycles. The van der Waals surface area contributed by atoms with Crippen molar-refractivity contribution in [3.8, 4) is 5.82 Å². The zero-order valence-corrected chi connectivity index (χ0v) is 9.57. The molecule has 0 aromatic carbocycles. The minimum absolute atomic E-state index is 0.0291. The first-order valence-corrected chi connectivity index (χ1v) is 4.96. The Morgan fingerprint density at radius 1 is 1.24 bits per heavy atom. The third kappa shape index (κ3) is 2.35. The summed E-state index contributed by atoms with van der Waals surface area (Å²) < 4.78 is 38.1. The largest absolute Gasteiger partial charge is 0.435 e.